The number of rotatable bonds is 4. The minimum absolute atomic E-state index is 0.288. The fraction of sp³-hybridized carbons (Fsp3) is 0.294. The van der Waals surface area contributed by atoms with E-state index < -0.39 is 0 Å². The van der Waals surface area contributed by atoms with Crippen molar-refractivity contribution in [3.05, 3.63) is 58.9 Å². The van der Waals surface area contributed by atoms with Crippen LogP contribution in [0.4, 0.5) is 10.1 Å². The van der Waals surface area contributed by atoms with Gasteiger partial charge in [0.1, 0.15) is 11.6 Å². The molecular weight excluding hydrogens is 289 g/mol. The molecule has 0 spiro atoms. The zero-order valence-corrected chi connectivity index (χ0v) is 12.5. The predicted molar refractivity (Wildman–Crippen MR) is 83.8 cm³/mol. The molecule has 0 heterocycles. The molecule has 3 rings (SSSR count). The van der Waals surface area contributed by atoms with Crippen LogP contribution in [0.5, 0.6) is 5.75 Å². The molecule has 0 radical (unpaired) electrons. The van der Waals surface area contributed by atoms with Gasteiger partial charge in [0.2, 0.25) is 0 Å². The van der Waals surface area contributed by atoms with E-state index in [0.29, 0.717) is 16.6 Å². The Morgan fingerprint density at radius 2 is 1.95 bits per heavy atom. The summed E-state index contributed by atoms with van der Waals surface area (Å²) in [5, 5.41) is 3.65. The molecule has 110 valence electrons. The highest BCUT2D eigenvalue weighted by Crippen LogP contribution is 2.42. The number of nitrogens with one attached hydrogen (secondary N) is 1. The van der Waals surface area contributed by atoms with Gasteiger partial charge in [-0.3, -0.25) is 0 Å². The Labute approximate surface area is 128 Å². The number of ether oxygens (including phenoxy) is 1. The molecule has 0 amide bonds. The first kappa shape index (κ1) is 14.2. The summed E-state index contributed by atoms with van der Waals surface area (Å²) in [6.45, 7) is 0. The first-order valence-electron chi connectivity index (χ1n) is 7.02. The summed E-state index contributed by atoms with van der Waals surface area (Å²) >= 11 is 5.76. The number of benzene rings is 2. The third-order valence-corrected chi connectivity index (χ3v) is 4.24. The van der Waals surface area contributed by atoms with Gasteiger partial charge in [-0.15, -0.1) is 0 Å². The van der Waals surface area contributed by atoms with E-state index in [1.807, 2.05) is 18.2 Å². The first-order valence-corrected chi connectivity index (χ1v) is 7.39. The van der Waals surface area contributed by atoms with E-state index in [-0.39, 0.29) is 11.9 Å². The Morgan fingerprint density at radius 1 is 1.19 bits per heavy atom. The maximum absolute atomic E-state index is 13.7. The molecule has 1 fully saturated rings. The minimum atomic E-state index is -0.303. The van der Waals surface area contributed by atoms with Crippen molar-refractivity contribution in [2.45, 2.75) is 24.8 Å². The van der Waals surface area contributed by atoms with Gasteiger partial charge in [-0.2, -0.15) is 0 Å². The highest BCUT2D eigenvalue weighted by Gasteiger charge is 2.32. The van der Waals surface area contributed by atoms with Crippen LogP contribution in [-0.4, -0.2) is 13.2 Å². The van der Waals surface area contributed by atoms with E-state index in [2.05, 4.69) is 11.4 Å². The monoisotopic (exact) mass is 305 g/mol. The average Bonchev–Trinajstić information content (AvgIpc) is 2.44. The van der Waals surface area contributed by atoms with Crippen LogP contribution in [-0.2, 0) is 0 Å². The van der Waals surface area contributed by atoms with Gasteiger partial charge in [0.05, 0.1) is 12.8 Å². The Kier molecular flexibility index (Phi) is 4.02. The van der Waals surface area contributed by atoms with Gasteiger partial charge >= 0.3 is 0 Å². The van der Waals surface area contributed by atoms with E-state index >= 15 is 0 Å². The van der Waals surface area contributed by atoms with Crippen molar-refractivity contribution in [2.75, 3.05) is 12.4 Å². The fourth-order valence-corrected chi connectivity index (χ4v) is 2.98. The van der Waals surface area contributed by atoms with Crippen molar-refractivity contribution in [1.82, 2.24) is 0 Å². The Bertz CT molecular complexity index is 640. The summed E-state index contributed by atoms with van der Waals surface area (Å²) in [5.41, 5.74) is 1.75. The zero-order valence-electron chi connectivity index (χ0n) is 11.8. The molecule has 1 N–H and O–H groups in total. The maximum Gasteiger partial charge on any atom is 0.147 e. The highest BCUT2D eigenvalue weighted by atomic mass is 35.5. The molecular formula is C17H17ClFNO. The number of para-hydroxylation sites is 1. The maximum atomic E-state index is 13.7. The van der Waals surface area contributed by atoms with Crippen molar-refractivity contribution >= 4 is 17.3 Å². The van der Waals surface area contributed by atoms with Gasteiger partial charge in [0.25, 0.3) is 0 Å². The van der Waals surface area contributed by atoms with Crippen LogP contribution < -0.4 is 10.1 Å². The van der Waals surface area contributed by atoms with Crippen LogP contribution in [0.2, 0.25) is 5.02 Å². The molecule has 0 aliphatic heterocycles. The standard InChI is InChI=1S/C17H17ClFNO/c1-21-17-5-3-2-4-14(17)11-8-13(9-11)20-16-7-6-12(18)10-15(16)19/h2-7,10-11,13,20H,8-9H2,1H3. The molecule has 2 aromatic carbocycles. The van der Waals surface area contributed by atoms with E-state index in [4.69, 9.17) is 16.3 Å². The summed E-state index contributed by atoms with van der Waals surface area (Å²) in [6, 6.07) is 13.1. The van der Waals surface area contributed by atoms with Gasteiger partial charge in [-0.05, 0) is 48.6 Å². The smallest absolute Gasteiger partial charge is 0.147 e. The van der Waals surface area contributed by atoms with Gasteiger partial charge in [0.15, 0.2) is 0 Å². The Morgan fingerprint density at radius 3 is 2.67 bits per heavy atom. The molecule has 1 aliphatic carbocycles. The average molecular weight is 306 g/mol. The lowest BCUT2D eigenvalue weighted by Crippen LogP contribution is -2.34. The molecule has 0 saturated heterocycles. The van der Waals surface area contributed by atoms with Gasteiger partial charge < -0.3 is 10.1 Å². The van der Waals surface area contributed by atoms with Crippen LogP contribution in [0.3, 0.4) is 0 Å². The third-order valence-electron chi connectivity index (χ3n) is 4.01. The van der Waals surface area contributed by atoms with E-state index in [1.165, 1.54) is 11.6 Å². The zero-order chi connectivity index (χ0) is 14.8. The first-order chi connectivity index (χ1) is 10.2. The molecule has 2 nitrogen and oxygen atoms in total. The number of hydrogen-bond acceptors (Lipinski definition) is 2. The number of halogens is 2. The second kappa shape index (κ2) is 5.94. The molecule has 4 heteroatoms. The fourth-order valence-electron chi connectivity index (χ4n) is 2.82. The van der Waals surface area contributed by atoms with Gasteiger partial charge in [-0.25, -0.2) is 4.39 Å². The van der Waals surface area contributed by atoms with Crippen molar-refractivity contribution < 1.29 is 9.13 Å². The van der Waals surface area contributed by atoms with Gasteiger partial charge in [-0.1, -0.05) is 29.8 Å². The van der Waals surface area contributed by atoms with E-state index in [9.17, 15) is 4.39 Å². The molecule has 0 unspecified atom stereocenters. The Balaban J connectivity index is 1.63. The highest BCUT2D eigenvalue weighted by molar-refractivity contribution is 6.30. The SMILES string of the molecule is COc1ccccc1C1CC(Nc2ccc(Cl)cc2F)C1. The summed E-state index contributed by atoms with van der Waals surface area (Å²) in [6.07, 6.45) is 1.95. The Hall–Kier alpha value is -1.74. The summed E-state index contributed by atoms with van der Waals surface area (Å²) in [5.74, 6) is 1.09. The predicted octanol–water partition coefficient (Wildman–Crippen LogP) is 4.85. The second-order valence-corrected chi connectivity index (χ2v) is 5.81. The van der Waals surface area contributed by atoms with E-state index in [1.54, 1.807) is 19.2 Å². The summed E-state index contributed by atoms with van der Waals surface area (Å²) in [7, 11) is 1.69. The third kappa shape index (κ3) is 2.98. The lowest BCUT2D eigenvalue weighted by atomic mass is 9.75. The lowest BCUT2D eigenvalue weighted by molar-refractivity contribution is 0.349. The van der Waals surface area contributed by atoms with E-state index in [0.717, 1.165) is 18.6 Å². The quantitative estimate of drug-likeness (QED) is 0.872. The number of hydrogen-bond donors (Lipinski definition) is 1. The molecule has 0 aromatic heterocycles. The van der Waals surface area contributed by atoms with Crippen molar-refractivity contribution in [3.8, 4) is 5.75 Å². The normalized spacial score (nSPS) is 20.7. The largest absolute Gasteiger partial charge is 0.496 e. The van der Waals surface area contributed by atoms with Crippen molar-refractivity contribution in [3.63, 3.8) is 0 Å². The molecule has 1 aliphatic rings. The minimum Gasteiger partial charge on any atom is -0.496 e. The molecule has 2 aromatic rings. The summed E-state index contributed by atoms with van der Waals surface area (Å²) in [4.78, 5) is 0. The molecule has 0 atom stereocenters. The van der Waals surface area contributed by atoms with Crippen LogP contribution in [0.15, 0.2) is 42.5 Å². The van der Waals surface area contributed by atoms with Gasteiger partial charge in [0, 0.05) is 11.1 Å². The number of methoxy groups -OCH3 is 1. The topological polar surface area (TPSA) is 21.3 Å². The van der Waals surface area contributed by atoms with Crippen LogP contribution in [0, 0.1) is 5.82 Å². The van der Waals surface area contributed by atoms with Crippen molar-refractivity contribution in [1.29, 1.82) is 0 Å². The van der Waals surface area contributed by atoms with Crippen LogP contribution in [0.25, 0.3) is 0 Å². The van der Waals surface area contributed by atoms with Crippen LogP contribution in [0.1, 0.15) is 24.3 Å². The second-order valence-electron chi connectivity index (χ2n) is 5.38. The van der Waals surface area contributed by atoms with Crippen LogP contribution >= 0.6 is 11.6 Å². The molecule has 1 saturated carbocycles. The molecule has 0 bridgehead atoms. The number of anilines is 1. The van der Waals surface area contributed by atoms with Crippen molar-refractivity contribution in [2.24, 2.45) is 0 Å². The summed E-state index contributed by atoms with van der Waals surface area (Å²) < 4.78 is 19.1. The molecule has 21 heavy (non-hydrogen) atoms. The lowest BCUT2D eigenvalue weighted by Gasteiger charge is -2.37.